The van der Waals surface area contributed by atoms with Crippen molar-refractivity contribution < 1.29 is 27.5 Å². The Labute approximate surface area is 234 Å². The summed E-state index contributed by atoms with van der Waals surface area (Å²) in [4.78, 5) is 33.4. The van der Waals surface area contributed by atoms with E-state index < -0.39 is 27.0 Å². The number of carbonyl (C=O) groups is 2. The molecule has 2 aromatic carbocycles. The van der Waals surface area contributed by atoms with E-state index in [0.717, 1.165) is 0 Å². The fraction of sp³-hybridized carbons (Fsp3) is 0.300. The average Bonchev–Trinajstić information content (AvgIpc) is 3.32. The molecular weight excluding hydrogens is 530 g/mol. The van der Waals surface area contributed by atoms with E-state index in [4.69, 9.17) is 14.5 Å². The highest BCUT2D eigenvalue weighted by atomic mass is 32.2. The van der Waals surface area contributed by atoms with Crippen molar-refractivity contribution in [2.24, 2.45) is 5.41 Å². The maximum absolute atomic E-state index is 13.2. The Morgan fingerprint density at radius 2 is 1.68 bits per heavy atom. The Morgan fingerprint density at radius 3 is 2.33 bits per heavy atom. The SMILES string of the molecule is CCOC(=O)C(C)(C)Oc1ccc(-c2ccc3[nH]cc(C(=O)C(C)(C)C)c3n2)cc1NS(=O)(=O)c1ccccc1. The second-order valence-corrected chi connectivity index (χ2v) is 12.5. The zero-order valence-electron chi connectivity index (χ0n) is 23.4. The lowest BCUT2D eigenvalue weighted by atomic mass is 9.87. The van der Waals surface area contributed by atoms with Crippen molar-refractivity contribution in [2.75, 3.05) is 11.3 Å². The highest BCUT2D eigenvalue weighted by Crippen LogP contribution is 2.35. The molecule has 0 fully saturated rings. The third-order valence-electron chi connectivity index (χ3n) is 6.15. The second-order valence-electron chi connectivity index (χ2n) is 10.8. The van der Waals surface area contributed by atoms with E-state index in [0.29, 0.717) is 27.9 Å². The normalized spacial score (nSPS) is 12.2. The van der Waals surface area contributed by atoms with Gasteiger partial charge in [0.1, 0.15) is 5.75 Å². The van der Waals surface area contributed by atoms with Crippen LogP contribution in [-0.4, -0.2) is 42.3 Å². The largest absolute Gasteiger partial charge is 0.474 e. The minimum Gasteiger partial charge on any atom is -0.474 e. The monoisotopic (exact) mass is 563 g/mol. The van der Waals surface area contributed by atoms with Crippen molar-refractivity contribution in [3.63, 3.8) is 0 Å². The second kappa shape index (κ2) is 10.8. The van der Waals surface area contributed by atoms with E-state index in [-0.39, 0.29) is 28.7 Å². The number of aromatic nitrogens is 2. The molecule has 4 aromatic rings. The number of rotatable bonds is 9. The number of hydrogen-bond acceptors (Lipinski definition) is 7. The first-order valence-corrected chi connectivity index (χ1v) is 14.3. The molecule has 2 heterocycles. The van der Waals surface area contributed by atoms with Gasteiger partial charge in [0.25, 0.3) is 10.0 Å². The first-order chi connectivity index (χ1) is 18.7. The maximum Gasteiger partial charge on any atom is 0.349 e. The Bertz CT molecular complexity index is 1670. The van der Waals surface area contributed by atoms with E-state index >= 15 is 0 Å². The number of fused-ring (bicyclic) bond motifs is 1. The van der Waals surface area contributed by atoms with Crippen LogP contribution in [0.25, 0.3) is 22.3 Å². The number of sulfonamides is 1. The zero-order chi connectivity index (χ0) is 29.3. The molecule has 210 valence electrons. The highest BCUT2D eigenvalue weighted by Gasteiger charge is 2.33. The summed E-state index contributed by atoms with van der Waals surface area (Å²) in [6.07, 6.45) is 1.66. The third kappa shape index (κ3) is 6.02. The predicted octanol–water partition coefficient (Wildman–Crippen LogP) is 5.98. The summed E-state index contributed by atoms with van der Waals surface area (Å²) in [7, 11) is -4.00. The number of ketones is 1. The average molecular weight is 564 g/mol. The van der Waals surface area contributed by atoms with Gasteiger partial charge in [0, 0.05) is 17.2 Å². The summed E-state index contributed by atoms with van der Waals surface area (Å²) in [6.45, 7) is 10.5. The predicted molar refractivity (Wildman–Crippen MR) is 154 cm³/mol. The Hall–Kier alpha value is -4.18. The number of H-pyrrole nitrogens is 1. The van der Waals surface area contributed by atoms with Gasteiger partial charge in [0.05, 0.1) is 39.5 Å². The molecule has 2 aromatic heterocycles. The molecule has 0 saturated heterocycles. The summed E-state index contributed by atoms with van der Waals surface area (Å²) in [6, 6.07) is 16.4. The molecule has 9 nitrogen and oxygen atoms in total. The van der Waals surface area contributed by atoms with Gasteiger partial charge in [0.2, 0.25) is 0 Å². The standard InChI is InChI=1S/C30H33N3O6S/c1-7-38-28(35)30(5,6)39-25-16-13-19(17-24(25)33-40(36,37)20-11-9-8-10-12-20)22-14-15-23-26(32-22)21(18-31-23)27(34)29(2,3)4/h8-18,31,33H,7H2,1-6H3. The number of benzene rings is 2. The summed E-state index contributed by atoms with van der Waals surface area (Å²) < 4.78 is 40.2. The van der Waals surface area contributed by atoms with Crippen LogP contribution in [0.1, 0.15) is 51.9 Å². The molecule has 0 unspecified atom stereocenters. The van der Waals surface area contributed by atoms with Crippen LogP contribution in [0.15, 0.2) is 71.8 Å². The Balaban J connectivity index is 1.81. The lowest BCUT2D eigenvalue weighted by molar-refractivity contribution is -0.158. The lowest BCUT2D eigenvalue weighted by Gasteiger charge is -2.26. The molecule has 2 N–H and O–H groups in total. The number of nitrogens with one attached hydrogen (secondary N) is 2. The fourth-order valence-corrected chi connectivity index (χ4v) is 5.10. The molecule has 0 saturated carbocycles. The number of carbonyl (C=O) groups excluding carboxylic acids is 2. The maximum atomic E-state index is 13.2. The van der Waals surface area contributed by atoms with E-state index in [2.05, 4.69) is 9.71 Å². The smallest absolute Gasteiger partial charge is 0.349 e. The number of aromatic amines is 1. The topological polar surface area (TPSA) is 127 Å². The first kappa shape index (κ1) is 28.8. The number of esters is 1. The summed E-state index contributed by atoms with van der Waals surface area (Å²) in [5.41, 5.74) is 0.919. The summed E-state index contributed by atoms with van der Waals surface area (Å²) in [5.74, 6) is -0.510. The number of ether oxygens (including phenoxy) is 2. The third-order valence-corrected chi connectivity index (χ3v) is 7.53. The van der Waals surface area contributed by atoms with Crippen molar-refractivity contribution in [1.82, 2.24) is 9.97 Å². The molecule has 4 rings (SSSR count). The molecule has 0 aliphatic carbocycles. The van der Waals surface area contributed by atoms with E-state index in [9.17, 15) is 18.0 Å². The van der Waals surface area contributed by atoms with Crippen molar-refractivity contribution in [3.05, 3.63) is 72.4 Å². The van der Waals surface area contributed by atoms with Crippen LogP contribution in [0, 0.1) is 5.41 Å². The van der Waals surface area contributed by atoms with Crippen molar-refractivity contribution in [3.8, 4) is 17.0 Å². The van der Waals surface area contributed by atoms with Gasteiger partial charge in [-0.1, -0.05) is 39.0 Å². The van der Waals surface area contributed by atoms with Crippen LogP contribution in [0.3, 0.4) is 0 Å². The van der Waals surface area contributed by atoms with Gasteiger partial charge in [-0.3, -0.25) is 9.52 Å². The molecular formula is C30H33N3O6S. The molecule has 0 bridgehead atoms. The molecule has 0 radical (unpaired) electrons. The van der Waals surface area contributed by atoms with E-state index in [1.54, 1.807) is 69.4 Å². The van der Waals surface area contributed by atoms with Crippen molar-refractivity contribution >= 4 is 38.5 Å². The number of anilines is 1. The van der Waals surface area contributed by atoms with Crippen LogP contribution in [-0.2, 0) is 19.6 Å². The highest BCUT2D eigenvalue weighted by molar-refractivity contribution is 7.92. The fourth-order valence-electron chi connectivity index (χ4n) is 4.02. The van der Waals surface area contributed by atoms with Gasteiger partial charge in [-0.15, -0.1) is 0 Å². The van der Waals surface area contributed by atoms with Crippen LogP contribution in [0.2, 0.25) is 0 Å². The Kier molecular flexibility index (Phi) is 7.76. The van der Waals surface area contributed by atoms with Crippen LogP contribution >= 0.6 is 0 Å². The number of Topliss-reactive ketones (excluding diaryl/α,β-unsaturated/α-hetero) is 1. The van der Waals surface area contributed by atoms with Crippen LogP contribution < -0.4 is 9.46 Å². The van der Waals surface area contributed by atoms with Crippen LogP contribution in [0.4, 0.5) is 5.69 Å². The van der Waals surface area contributed by atoms with Gasteiger partial charge in [-0.05, 0) is 63.2 Å². The zero-order valence-corrected chi connectivity index (χ0v) is 24.2. The molecule has 10 heteroatoms. The molecule has 0 aliphatic heterocycles. The molecule has 0 aliphatic rings. The van der Waals surface area contributed by atoms with Gasteiger partial charge < -0.3 is 14.5 Å². The molecule has 0 spiro atoms. The van der Waals surface area contributed by atoms with Crippen LogP contribution in [0.5, 0.6) is 5.75 Å². The summed E-state index contributed by atoms with van der Waals surface area (Å²) >= 11 is 0. The number of hydrogen-bond donors (Lipinski definition) is 2. The Morgan fingerprint density at radius 1 is 0.975 bits per heavy atom. The molecule has 40 heavy (non-hydrogen) atoms. The number of nitrogens with zero attached hydrogens (tertiary/aromatic N) is 1. The molecule has 0 atom stereocenters. The van der Waals surface area contributed by atoms with Crippen molar-refractivity contribution in [1.29, 1.82) is 0 Å². The summed E-state index contributed by atoms with van der Waals surface area (Å²) in [5, 5.41) is 0. The van der Waals surface area contributed by atoms with Gasteiger partial charge >= 0.3 is 5.97 Å². The minimum absolute atomic E-state index is 0.0512. The minimum atomic E-state index is -4.00. The van der Waals surface area contributed by atoms with Gasteiger partial charge in [-0.2, -0.15) is 0 Å². The molecule has 0 amide bonds. The lowest BCUT2D eigenvalue weighted by Crippen LogP contribution is -2.40. The van der Waals surface area contributed by atoms with Crippen molar-refractivity contribution in [2.45, 2.75) is 52.0 Å². The first-order valence-electron chi connectivity index (χ1n) is 12.8. The quantitative estimate of drug-likeness (QED) is 0.189. The number of pyridine rings is 1. The van der Waals surface area contributed by atoms with E-state index in [1.165, 1.54) is 12.1 Å². The van der Waals surface area contributed by atoms with E-state index in [1.807, 2.05) is 26.8 Å². The van der Waals surface area contributed by atoms with Gasteiger partial charge in [-0.25, -0.2) is 18.2 Å². The van der Waals surface area contributed by atoms with Gasteiger partial charge in [0.15, 0.2) is 11.4 Å².